The first-order valence-corrected chi connectivity index (χ1v) is 9.67. The van der Waals surface area contributed by atoms with E-state index in [0.29, 0.717) is 4.57 Å². The number of nitrogens with zero attached hydrogens (tertiary/aromatic N) is 3. The summed E-state index contributed by atoms with van der Waals surface area (Å²) in [6.07, 6.45) is -1.23. The van der Waals surface area contributed by atoms with Crippen LogP contribution in [-0.4, -0.2) is 43.5 Å². The number of carbonyl (C=O) groups excluding carboxylic acids is 1. The molecule has 0 aliphatic heterocycles. The number of ether oxygens (including phenoxy) is 2. The van der Waals surface area contributed by atoms with Crippen LogP contribution in [-0.2, 0) is 28.4 Å². The van der Waals surface area contributed by atoms with Crippen molar-refractivity contribution in [3.05, 3.63) is 48.7 Å². The summed E-state index contributed by atoms with van der Waals surface area (Å²) in [5, 5.41) is 8.37. The van der Waals surface area contributed by atoms with E-state index in [0.717, 1.165) is 21.3 Å². The number of benzene rings is 1. The Kier molecular flexibility index (Phi) is 7.74. The Balaban J connectivity index is 2.36. The minimum Gasteiger partial charge on any atom is -0.481 e. The van der Waals surface area contributed by atoms with Crippen molar-refractivity contribution in [2.45, 2.75) is 25.9 Å². The van der Waals surface area contributed by atoms with Gasteiger partial charge in [0, 0.05) is 26.6 Å². The first-order valence-electron chi connectivity index (χ1n) is 8.89. The fraction of sp³-hybridized carbons (Fsp3) is 0.389. The van der Waals surface area contributed by atoms with Crippen molar-refractivity contribution in [2.75, 3.05) is 6.61 Å². The largest absolute Gasteiger partial charge is 0.481 e. The summed E-state index contributed by atoms with van der Waals surface area (Å²) >= 11 is 11.0. The minimum atomic E-state index is -1.19. The Morgan fingerprint density at radius 1 is 1.23 bits per heavy atom. The summed E-state index contributed by atoms with van der Waals surface area (Å²) in [6.45, 7) is 1.21. The first kappa shape index (κ1) is 24.3. The van der Waals surface area contributed by atoms with E-state index in [1.165, 1.54) is 21.0 Å². The molecule has 1 aromatic carbocycles. The van der Waals surface area contributed by atoms with Gasteiger partial charge >= 0.3 is 23.3 Å². The Labute approximate surface area is 185 Å². The molecule has 1 heterocycles. The summed E-state index contributed by atoms with van der Waals surface area (Å²) in [7, 11) is 2.66. The van der Waals surface area contributed by atoms with Crippen molar-refractivity contribution in [2.24, 2.45) is 14.1 Å². The van der Waals surface area contributed by atoms with E-state index in [4.69, 9.17) is 38.4 Å². The molecule has 31 heavy (non-hydrogen) atoms. The van der Waals surface area contributed by atoms with Crippen LogP contribution in [0.25, 0.3) is 5.69 Å². The summed E-state index contributed by atoms with van der Waals surface area (Å²) < 4.78 is 27.4. The Morgan fingerprint density at radius 3 is 2.35 bits per heavy atom. The van der Waals surface area contributed by atoms with Gasteiger partial charge in [0.05, 0.1) is 17.3 Å². The van der Waals surface area contributed by atoms with Crippen molar-refractivity contribution in [1.82, 2.24) is 13.7 Å². The fourth-order valence-corrected chi connectivity index (χ4v) is 2.86. The van der Waals surface area contributed by atoms with Gasteiger partial charge in [-0.15, -0.1) is 0 Å². The van der Waals surface area contributed by atoms with Crippen LogP contribution >= 0.6 is 23.8 Å². The standard InChI is InChI=1S/C18H19ClFN3O7S/c1-9(15(26)29-6-4-5-14(24)25)30-13-8-12(11(20)7-10(13)19)23-16(27)21(2)18(31)22(3)17(23)28/h7-9H,4-6H2,1-3H3,(H,24,25). The van der Waals surface area contributed by atoms with Crippen LogP contribution in [0.1, 0.15) is 19.8 Å². The van der Waals surface area contributed by atoms with Gasteiger partial charge in [-0.05, 0) is 31.6 Å². The number of esters is 1. The summed E-state index contributed by atoms with van der Waals surface area (Å²) in [5.74, 6) is -2.98. The average Bonchev–Trinajstić information content (AvgIpc) is 2.71. The molecule has 1 aromatic heterocycles. The third-order valence-electron chi connectivity index (χ3n) is 4.19. The van der Waals surface area contributed by atoms with Crippen LogP contribution in [0.5, 0.6) is 5.75 Å². The molecular weight excluding hydrogens is 457 g/mol. The van der Waals surface area contributed by atoms with E-state index in [2.05, 4.69) is 0 Å². The molecule has 13 heteroatoms. The second-order valence-corrected chi connectivity index (χ2v) is 7.23. The summed E-state index contributed by atoms with van der Waals surface area (Å²) in [6, 6.07) is 1.85. The molecule has 2 aromatic rings. The van der Waals surface area contributed by atoms with Gasteiger partial charge in [-0.25, -0.2) is 23.3 Å². The zero-order valence-corrected chi connectivity index (χ0v) is 18.3. The monoisotopic (exact) mass is 475 g/mol. The molecule has 1 N–H and O–H groups in total. The van der Waals surface area contributed by atoms with Gasteiger partial charge in [0.1, 0.15) is 11.6 Å². The quantitative estimate of drug-likeness (QED) is 0.347. The Bertz CT molecular complexity index is 1160. The summed E-state index contributed by atoms with van der Waals surface area (Å²) in [5.41, 5.74) is -2.21. The highest BCUT2D eigenvalue weighted by Crippen LogP contribution is 2.30. The van der Waals surface area contributed by atoms with Crippen molar-refractivity contribution in [1.29, 1.82) is 0 Å². The number of aliphatic carboxylic acids is 1. The Morgan fingerprint density at radius 2 is 1.81 bits per heavy atom. The molecule has 1 unspecified atom stereocenters. The fourth-order valence-electron chi connectivity index (χ4n) is 2.51. The molecule has 0 aliphatic rings. The number of rotatable bonds is 8. The molecule has 0 radical (unpaired) electrons. The van der Waals surface area contributed by atoms with Crippen LogP contribution in [0.3, 0.4) is 0 Å². The third kappa shape index (κ3) is 5.39. The van der Waals surface area contributed by atoms with Crippen LogP contribution in [0.4, 0.5) is 4.39 Å². The molecule has 1 atom stereocenters. The van der Waals surface area contributed by atoms with Crippen LogP contribution in [0.15, 0.2) is 21.7 Å². The van der Waals surface area contributed by atoms with Crippen molar-refractivity contribution < 1.29 is 28.6 Å². The predicted molar refractivity (Wildman–Crippen MR) is 110 cm³/mol. The van der Waals surface area contributed by atoms with Gasteiger partial charge in [0.15, 0.2) is 10.9 Å². The van der Waals surface area contributed by atoms with Crippen LogP contribution < -0.4 is 16.1 Å². The zero-order chi connectivity index (χ0) is 23.5. The molecule has 0 amide bonds. The molecule has 0 spiro atoms. The highest BCUT2D eigenvalue weighted by atomic mass is 35.5. The van der Waals surface area contributed by atoms with Crippen molar-refractivity contribution in [3.8, 4) is 11.4 Å². The lowest BCUT2D eigenvalue weighted by Gasteiger charge is -2.17. The molecule has 0 saturated carbocycles. The number of carbonyl (C=O) groups is 2. The van der Waals surface area contributed by atoms with E-state index < -0.39 is 40.9 Å². The van der Waals surface area contributed by atoms with Gasteiger partial charge in [-0.2, -0.15) is 0 Å². The predicted octanol–water partition coefficient (Wildman–Crippen LogP) is 1.57. The molecule has 168 valence electrons. The lowest BCUT2D eigenvalue weighted by atomic mass is 10.2. The normalized spacial score (nSPS) is 11.8. The Hall–Kier alpha value is -2.99. The third-order valence-corrected chi connectivity index (χ3v) is 5.03. The van der Waals surface area contributed by atoms with Crippen LogP contribution in [0.2, 0.25) is 5.02 Å². The second-order valence-electron chi connectivity index (χ2n) is 6.46. The number of carboxylic acid groups (broad SMARTS) is 1. The maximum atomic E-state index is 14.6. The molecule has 0 bridgehead atoms. The number of carboxylic acids is 1. The van der Waals surface area contributed by atoms with Crippen molar-refractivity contribution in [3.63, 3.8) is 0 Å². The maximum Gasteiger partial charge on any atom is 0.347 e. The van der Waals surface area contributed by atoms with Crippen LogP contribution in [0, 0.1) is 10.6 Å². The smallest absolute Gasteiger partial charge is 0.347 e. The number of hydrogen-bond donors (Lipinski definition) is 1. The maximum absolute atomic E-state index is 14.6. The minimum absolute atomic E-state index is 0.0589. The number of aromatic nitrogens is 3. The van der Waals surface area contributed by atoms with E-state index in [1.54, 1.807) is 0 Å². The lowest BCUT2D eigenvalue weighted by molar-refractivity contribution is -0.152. The van der Waals surface area contributed by atoms with Gasteiger partial charge < -0.3 is 14.6 Å². The highest BCUT2D eigenvalue weighted by Gasteiger charge is 2.22. The molecule has 10 nitrogen and oxygen atoms in total. The van der Waals surface area contributed by atoms with Gasteiger partial charge in [-0.3, -0.25) is 13.9 Å². The molecule has 0 saturated heterocycles. The molecular formula is C18H19ClFN3O7S. The highest BCUT2D eigenvalue weighted by molar-refractivity contribution is 7.71. The van der Waals surface area contributed by atoms with E-state index in [9.17, 15) is 23.6 Å². The number of hydrogen-bond acceptors (Lipinski definition) is 7. The SMILES string of the molecule is CC(Oc1cc(-n2c(=O)n(C)c(=S)n(C)c2=O)c(F)cc1Cl)C(=O)OCCCC(=O)O. The van der Waals surface area contributed by atoms with Gasteiger partial charge in [0.2, 0.25) is 0 Å². The van der Waals surface area contributed by atoms with E-state index in [-0.39, 0.29) is 35.0 Å². The molecule has 0 aliphatic carbocycles. The van der Waals surface area contributed by atoms with E-state index >= 15 is 0 Å². The van der Waals surface area contributed by atoms with Gasteiger partial charge in [0.25, 0.3) is 0 Å². The topological polar surface area (TPSA) is 122 Å². The summed E-state index contributed by atoms with van der Waals surface area (Å²) in [4.78, 5) is 47.6. The lowest BCUT2D eigenvalue weighted by Crippen LogP contribution is -2.43. The van der Waals surface area contributed by atoms with Crippen molar-refractivity contribution >= 4 is 35.8 Å². The zero-order valence-electron chi connectivity index (χ0n) is 16.8. The number of halogens is 2. The molecule has 0 fully saturated rings. The first-order chi connectivity index (χ1) is 14.5. The van der Waals surface area contributed by atoms with E-state index in [1.807, 2.05) is 0 Å². The molecule has 2 rings (SSSR count). The van der Waals surface area contributed by atoms with Gasteiger partial charge in [-0.1, -0.05) is 11.6 Å². The second kappa shape index (κ2) is 9.88. The average molecular weight is 476 g/mol.